The molecule has 0 aromatic carbocycles. The molecular formula is C21H27N7O4S. The van der Waals surface area contributed by atoms with Gasteiger partial charge >= 0.3 is 5.69 Å². The van der Waals surface area contributed by atoms with Crippen molar-refractivity contribution in [3.8, 4) is 0 Å². The van der Waals surface area contributed by atoms with Crippen molar-refractivity contribution < 1.29 is 13.2 Å². The number of ether oxygens (including phenoxy) is 1. The molecule has 0 bridgehead atoms. The van der Waals surface area contributed by atoms with E-state index in [1.807, 2.05) is 18.2 Å². The highest BCUT2D eigenvalue weighted by Crippen LogP contribution is 2.20. The maximum absolute atomic E-state index is 12.8. The van der Waals surface area contributed by atoms with Crippen molar-refractivity contribution >= 4 is 21.5 Å². The van der Waals surface area contributed by atoms with Crippen LogP contribution in [0.3, 0.4) is 0 Å². The first kappa shape index (κ1) is 22.0. The van der Waals surface area contributed by atoms with Gasteiger partial charge in [-0.1, -0.05) is 6.07 Å². The molecule has 0 amide bonds. The Morgan fingerprint density at radius 3 is 2.42 bits per heavy atom. The highest BCUT2D eigenvalue weighted by molar-refractivity contribution is 7.89. The number of piperazine rings is 1. The van der Waals surface area contributed by atoms with E-state index < -0.39 is 10.0 Å². The van der Waals surface area contributed by atoms with Gasteiger partial charge in [0.1, 0.15) is 10.7 Å². The molecule has 2 aliphatic rings. The van der Waals surface area contributed by atoms with Crippen LogP contribution in [-0.2, 0) is 21.3 Å². The second-order valence-corrected chi connectivity index (χ2v) is 10.1. The monoisotopic (exact) mass is 473 g/mol. The van der Waals surface area contributed by atoms with Gasteiger partial charge in [0.15, 0.2) is 5.65 Å². The molecule has 0 aliphatic carbocycles. The van der Waals surface area contributed by atoms with Gasteiger partial charge in [-0.25, -0.2) is 22.9 Å². The maximum atomic E-state index is 12.8. The van der Waals surface area contributed by atoms with Crippen molar-refractivity contribution in [1.82, 2.24) is 28.4 Å². The lowest BCUT2D eigenvalue weighted by Crippen LogP contribution is -2.48. The van der Waals surface area contributed by atoms with Crippen LogP contribution >= 0.6 is 0 Å². The fraction of sp³-hybridized carbons (Fsp3) is 0.476. The number of anilines is 1. The summed E-state index contributed by atoms with van der Waals surface area (Å²) in [6.45, 7) is 6.07. The number of sulfonamides is 1. The smallest absolute Gasteiger partial charge is 0.350 e. The fourth-order valence-electron chi connectivity index (χ4n) is 4.20. The first-order chi connectivity index (χ1) is 16.0. The van der Waals surface area contributed by atoms with E-state index in [1.54, 1.807) is 22.7 Å². The summed E-state index contributed by atoms with van der Waals surface area (Å²) >= 11 is 0. The third-order valence-corrected chi connectivity index (χ3v) is 8.02. The number of rotatable bonds is 6. The van der Waals surface area contributed by atoms with Crippen molar-refractivity contribution in [2.24, 2.45) is 0 Å². The molecule has 0 N–H and O–H groups in total. The Morgan fingerprint density at radius 2 is 1.73 bits per heavy atom. The third-order valence-electron chi connectivity index (χ3n) is 6.14. The minimum Gasteiger partial charge on any atom is -0.379 e. The van der Waals surface area contributed by atoms with Crippen molar-refractivity contribution in [2.45, 2.75) is 11.4 Å². The second-order valence-electron chi connectivity index (χ2n) is 8.13. The lowest BCUT2D eigenvalue weighted by Gasteiger charge is -2.35. The summed E-state index contributed by atoms with van der Waals surface area (Å²) in [5.74, 6) is 0.771. The summed E-state index contributed by atoms with van der Waals surface area (Å²) in [5.41, 5.74) is 0.526. The molecule has 5 rings (SSSR count). The molecule has 0 spiro atoms. The van der Waals surface area contributed by atoms with Crippen molar-refractivity contribution in [3.63, 3.8) is 0 Å². The molecule has 2 fully saturated rings. The Morgan fingerprint density at radius 1 is 0.939 bits per heavy atom. The van der Waals surface area contributed by atoms with Crippen LogP contribution in [-0.4, -0.2) is 95.8 Å². The lowest BCUT2D eigenvalue weighted by molar-refractivity contribution is 0.0730. The Labute approximate surface area is 191 Å². The third kappa shape index (κ3) is 4.51. The van der Waals surface area contributed by atoms with Crippen LogP contribution in [0.4, 0.5) is 5.82 Å². The van der Waals surface area contributed by atoms with Gasteiger partial charge in [0.2, 0.25) is 10.0 Å². The van der Waals surface area contributed by atoms with E-state index in [2.05, 4.69) is 19.9 Å². The number of fused-ring (bicyclic) bond motifs is 1. The van der Waals surface area contributed by atoms with Gasteiger partial charge in [0.05, 0.1) is 19.8 Å². The quantitative estimate of drug-likeness (QED) is 0.482. The van der Waals surface area contributed by atoms with Crippen LogP contribution in [0.1, 0.15) is 0 Å². The number of aromatic nitrogens is 4. The van der Waals surface area contributed by atoms with Gasteiger partial charge in [0.25, 0.3) is 0 Å². The van der Waals surface area contributed by atoms with E-state index in [9.17, 15) is 13.2 Å². The number of hydrogen-bond donors (Lipinski definition) is 0. The molecule has 5 heterocycles. The molecule has 3 aromatic heterocycles. The van der Waals surface area contributed by atoms with Crippen LogP contribution in [0.25, 0.3) is 5.65 Å². The molecule has 0 radical (unpaired) electrons. The van der Waals surface area contributed by atoms with Crippen LogP contribution < -0.4 is 10.6 Å². The highest BCUT2D eigenvalue weighted by Gasteiger charge is 2.27. The van der Waals surface area contributed by atoms with Crippen molar-refractivity contribution in [2.75, 3.05) is 63.9 Å². The van der Waals surface area contributed by atoms with Gasteiger partial charge in [-0.3, -0.25) is 9.30 Å². The van der Waals surface area contributed by atoms with E-state index in [0.717, 1.165) is 38.5 Å². The SMILES string of the molecule is O=c1n(CCN2CCN(c3ccc(S(=O)(=O)N4CCOCC4)cn3)CC2)nc2ccccn12. The highest BCUT2D eigenvalue weighted by atomic mass is 32.2. The number of morpholine rings is 1. The zero-order chi connectivity index (χ0) is 22.8. The summed E-state index contributed by atoms with van der Waals surface area (Å²) in [7, 11) is -3.54. The second kappa shape index (κ2) is 9.21. The van der Waals surface area contributed by atoms with E-state index >= 15 is 0 Å². The van der Waals surface area contributed by atoms with E-state index in [1.165, 1.54) is 15.2 Å². The average Bonchev–Trinajstić information content (AvgIpc) is 3.19. The summed E-state index contributed by atoms with van der Waals surface area (Å²) in [5, 5.41) is 4.38. The van der Waals surface area contributed by atoms with E-state index in [4.69, 9.17) is 4.74 Å². The molecule has 2 saturated heterocycles. The molecule has 12 heteroatoms. The summed E-state index contributed by atoms with van der Waals surface area (Å²) < 4.78 is 35.3. The minimum atomic E-state index is -3.54. The van der Waals surface area contributed by atoms with Crippen LogP contribution in [0, 0.1) is 0 Å². The maximum Gasteiger partial charge on any atom is 0.350 e. The van der Waals surface area contributed by atoms with E-state index in [0.29, 0.717) is 38.5 Å². The molecule has 0 unspecified atom stereocenters. The van der Waals surface area contributed by atoms with Crippen molar-refractivity contribution in [3.05, 3.63) is 53.2 Å². The van der Waals surface area contributed by atoms with Crippen molar-refractivity contribution in [1.29, 1.82) is 0 Å². The standard InChI is InChI=1S/C21H27N7O4S/c29-21-27-6-2-1-3-20(27)23-28(21)12-9-24-7-10-25(11-8-24)19-5-4-18(17-22-19)33(30,31)26-13-15-32-16-14-26/h1-6,17H,7-16H2. The first-order valence-electron chi connectivity index (χ1n) is 11.1. The molecule has 0 atom stereocenters. The largest absolute Gasteiger partial charge is 0.379 e. The van der Waals surface area contributed by atoms with Gasteiger partial charge in [-0.2, -0.15) is 4.31 Å². The molecular weight excluding hydrogens is 446 g/mol. The van der Waals surface area contributed by atoms with Crippen LogP contribution in [0.15, 0.2) is 52.4 Å². The minimum absolute atomic E-state index is 0.124. The Hall–Kier alpha value is -2.80. The van der Waals surface area contributed by atoms with Gasteiger partial charge < -0.3 is 9.64 Å². The zero-order valence-corrected chi connectivity index (χ0v) is 19.1. The summed E-state index contributed by atoms with van der Waals surface area (Å²) in [6.07, 6.45) is 3.17. The Bertz CT molecular complexity index is 1260. The van der Waals surface area contributed by atoms with Gasteiger partial charge in [-0.15, -0.1) is 5.10 Å². The Kier molecular flexibility index (Phi) is 6.15. The molecule has 3 aromatic rings. The van der Waals surface area contributed by atoms with E-state index in [-0.39, 0.29) is 10.6 Å². The normalized spacial score (nSPS) is 18.7. The topological polar surface area (TPSA) is 105 Å². The molecule has 0 saturated carbocycles. The van der Waals surface area contributed by atoms with Crippen LogP contribution in [0.2, 0.25) is 0 Å². The molecule has 176 valence electrons. The number of pyridine rings is 2. The Balaban J connectivity index is 1.16. The average molecular weight is 474 g/mol. The number of hydrogen-bond acceptors (Lipinski definition) is 8. The first-order valence-corrected chi connectivity index (χ1v) is 12.5. The molecule has 33 heavy (non-hydrogen) atoms. The van der Waals surface area contributed by atoms with Gasteiger partial charge in [0, 0.05) is 58.2 Å². The van der Waals surface area contributed by atoms with Crippen LogP contribution in [0.5, 0.6) is 0 Å². The fourth-order valence-corrected chi connectivity index (χ4v) is 5.55. The molecule has 11 nitrogen and oxygen atoms in total. The predicted molar refractivity (Wildman–Crippen MR) is 122 cm³/mol. The predicted octanol–water partition coefficient (Wildman–Crippen LogP) is -0.266. The zero-order valence-electron chi connectivity index (χ0n) is 18.3. The lowest BCUT2D eigenvalue weighted by atomic mass is 10.3. The van der Waals surface area contributed by atoms with Gasteiger partial charge in [-0.05, 0) is 24.3 Å². The molecule has 2 aliphatic heterocycles. The summed E-state index contributed by atoms with van der Waals surface area (Å²) in [4.78, 5) is 21.5. The number of nitrogens with zero attached hydrogens (tertiary/aromatic N) is 7. The summed E-state index contributed by atoms with van der Waals surface area (Å²) in [6, 6.07) is 8.91.